The molecule has 1 fully saturated rings. The minimum Gasteiger partial charge on any atom is -0.399 e. The van der Waals surface area contributed by atoms with Crippen LogP contribution in [0.3, 0.4) is 0 Å². The lowest BCUT2D eigenvalue weighted by Gasteiger charge is -2.24. The van der Waals surface area contributed by atoms with Gasteiger partial charge in [0.15, 0.2) is 9.84 Å². The number of rotatable bonds is 2. The van der Waals surface area contributed by atoms with Gasteiger partial charge in [0, 0.05) is 11.8 Å². The molecule has 1 aromatic heterocycles. The van der Waals surface area contributed by atoms with Gasteiger partial charge in [-0.15, -0.1) is 0 Å². The highest BCUT2D eigenvalue weighted by Crippen LogP contribution is 2.28. The van der Waals surface area contributed by atoms with Crippen molar-refractivity contribution in [3.05, 3.63) is 17.3 Å². The molecule has 94 valence electrons. The molecule has 1 saturated heterocycles. The predicted molar refractivity (Wildman–Crippen MR) is 69.0 cm³/mol. The average Bonchev–Trinajstić information content (AvgIpc) is 2.37. The van der Waals surface area contributed by atoms with Gasteiger partial charge in [-0.05, 0) is 19.4 Å². The molecule has 1 unspecified atom stereocenters. The van der Waals surface area contributed by atoms with Crippen LogP contribution in [-0.4, -0.2) is 30.4 Å². The van der Waals surface area contributed by atoms with E-state index in [9.17, 15) is 8.42 Å². The van der Waals surface area contributed by atoms with Gasteiger partial charge in [-0.2, -0.15) is 0 Å². The molecule has 1 aliphatic rings. The summed E-state index contributed by atoms with van der Waals surface area (Å²) in [4.78, 5) is 4.07. The number of nitrogens with zero attached hydrogens (tertiary/aromatic N) is 1. The minimum absolute atomic E-state index is 0.105. The second kappa shape index (κ2) is 4.03. The Morgan fingerprint density at radius 3 is 2.76 bits per heavy atom. The van der Waals surface area contributed by atoms with Crippen molar-refractivity contribution in [1.82, 2.24) is 4.98 Å². The number of nitrogens with one attached hydrogen (secondary N) is 1. The Balaban J connectivity index is 2.21. The number of hydrogen-bond donors (Lipinski definition) is 2. The standard InChI is InChI=1S/C10H14ClN3O2S/c1-10(2-3-17(15,16)6-10)14-9-5-7(12)4-8(11)13-9/h4-5H,2-3,6H2,1H3,(H3,12,13,14). The van der Waals surface area contributed by atoms with Gasteiger partial charge in [-0.1, -0.05) is 11.6 Å². The summed E-state index contributed by atoms with van der Waals surface area (Å²) in [5, 5.41) is 3.39. The van der Waals surface area contributed by atoms with Crippen LogP contribution in [0.1, 0.15) is 13.3 Å². The molecular weight excluding hydrogens is 262 g/mol. The summed E-state index contributed by atoms with van der Waals surface area (Å²) < 4.78 is 22.9. The van der Waals surface area contributed by atoms with E-state index < -0.39 is 15.4 Å². The monoisotopic (exact) mass is 275 g/mol. The Morgan fingerprint density at radius 2 is 2.24 bits per heavy atom. The Bertz CT molecular complexity index is 526. The van der Waals surface area contributed by atoms with Crippen molar-refractivity contribution in [2.45, 2.75) is 18.9 Å². The SMILES string of the molecule is CC1(Nc2cc(N)cc(Cl)n2)CCS(=O)(=O)C1. The van der Waals surface area contributed by atoms with E-state index in [1.165, 1.54) is 0 Å². The van der Waals surface area contributed by atoms with Crippen molar-refractivity contribution in [1.29, 1.82) is 0 Å². The number of pyridine rings is 1. The summed E-state index contributed by atoms with van der Waals surface area (Å²) >= 11 is 5.79. The first-order valence-electron chi connectivity index (χ1n) is 5.20. The Hall–Kier alpha value is -1.01. The quantitative estimate of drug-likeness (QED) is 0.795. The van der Waals surface area contributed by atoms with Crippen molar-refractivity contribution in [3.63, 3.8) is 0 Å². The van der Waals surface area contributed by atoms with Crippen molar-refractivity contribution in [2.75, 3.05) is 22.6 Å². The highest BCUT2D eigenvalue weighted by atomic mass is 35.5. The van der Waals surface area contributed by atoms with Crippen molar-refractivity contribution in [3.8, 4) is 0 Å². The lowest BCUT2D eigenvalue weighted by atomic mass is 10.0. The summed E-state index contributed by atoms with van der Waals surface area (Å²) in [5.41, 5.74) is 5.65. The third-order valence-corrected chi connectivity index (χ3v) is 4.85. The molecule has 0 aromatic carbocycles. The summed E-state index contributed by atoms with van der Waals surface area (Å²) in [7, 11) is -2.95. The average molecular weight is 276 g/mol. The van der Waals surface area contributed by atoms with Crippen molar-refractivity contribution >= 4 is 32.9 Å². The van der Waals surface area contributed by atoms with Gasteiger partial charge in [-0.3, -0.25) is 0 Å². The molecule has 1 aliphatic heterocycles. The molecular formula is C10H14ClN3O2S. The highest BCUT2D eigenvalue weighted by molar-refractivity contribution is 7.91. The van der Waals surface area contributed by atoms with Gasteiger partial charge in [0.2, 0.25) is 0 Å². The largest absolute Gasteiger partial charge is 0.399 e. The van der Waals surface area contributed by atoms with E-state index in [2.05, 4.69) is 10.3 Å². The molecule has 2 rings (SSSR count). The zero-order valence-electron chi connectivity index (χ0n) is 9.40. The molecule has 0 spiro atoms. The Morgan fingerprint density at radius 1 is 1.53 bits per heavy atom. The molecule has 0 amide bonds. The zero-order valence-corrected chi connectivity index (χ0v) is 11.0. The normalized spacial score (nSPS) is 26.9. The van der Waals surface area contributed by atoms with E-state index >= 15 is 0 Å². The van der Waals surface area contributed by atoms with Crippen LogP contribution in [0, 0.1) is 0 Å². The number of nitrogens with two attached hydrogens (primary N) is 1. The van der Waals surface area contributed by atoms with E-state index in [0.29, 0.717) is 17.9 Å². The molecule has 5 nitrogen and oxygen atoms in total. The molecule has 0 bridgehead atoms. The smallest absolute Gasteiger partial charge is 0.152 e. The predicted octanol–water partition coefficient (Wildman–Crippen LogP) is 1.31. The minimum atomic E-state index is -2.95. The summed E-state index contributed by atoms with van der Waals surface area (Å²) in [6, 6.07) is 3.18. The first kappa shape index (κ1) is 12.4. The van der Waals surface area contributed by atoms with Gasteiger partial charge in [0.25, 0.3) is 0 Å². The van der Waals surface area contributed by atoms with E-state index in [4.69, 9.17) is 17.3 Å². The zero-order chi connectivity index (χ0) is 12.7. The number of halogens is 1. The molecule has 0 aliphatic carbocycles. The van der Waals surface area contributed by atoms with Gasteiger partial charge in [0.1, 0.15) is 11.0 Å². The summed E-state index contributed by atoms with van der Waals surface area (Å²) in [5.74, 6) is 0.815. The maximum atomic E-state index is 11.5. The number of anilines is 2. The van der Waals surface area contributed by atoms with Crippen LogP contribution < -0.4 is 11.1 Å². The van der Waals surface area contributed by atoms with Crippen LogP contribution in [0.15, 0.2) is 12.1 Å². The highest BCUT2D eigenvalue weighted by Gasteiger charge is 2.38. The van der Waals surface area contributed by atoms with Crippen LogP contribution in [0.5, 0.6) is 0 Å². The van der Waals surface area contributed by atoms with Gasteiger partial charge in [0.05, 0.1) is 17.0 Å². The van der Waals surface area contributed by atoms with Crippen LogP contribution in [-0.2, 0) is 9.84 Å². The molecule has 1 atom stereocenters. The summed E-state index contributed by atoms with van der Waals surface area (Å²) in [6.45, 7) is 1.86. The fraction of sp³-hybridized carbons (Fsp3) is 0.500. The van der Waals surface area contributed by atoms with E-state index in [-0.39, 0.29) is 16.7 Å². The van der Waals surface area contributed by atoms with Crippen LogP contribution in [0.25, 0.3) is 0 Å². The van der Waals surface area contributed by atoms with Crippen LogP contribution >= 0.6 is 11.6 Å². The number of sulfone groups is 1. The lowest BCUT2D eigenvalue weighted by Crippen LogP contribution is -2.36. The van der Waals surface area contributed by atoms with Crippen molar-refractivity contribution < 1.29 is 8.42 Å². The molecule has 17 heavy (non-hydrogen) atoms. The van der Waals surface area contributed by atoms with Crippen LogP contribution in [0.4, 0.5) is 11.5 Å². The fourth-order valence-corrected chi connectivity index (χ4v) is 4.31. The van der Waals surface area contributed by atoms with E-state index in [1.54, 1.807) is 12.1 Å². The second-order valence-electron chi connectivity index (χ2n) is 4.64. The first-order valence-corrected chi connectivity index (χ1v) is 7.40. The second-order valence-corrected chi connectivity index (χ2v) is 7.21. The Labute approximate surface area is 105 Å². The van der Waals surface area contributed by atoms with Crippen molar-refractivity contribution in [2.24, 2.45) is 0 Å². The summed E-state index contributed by atoms with van der Waals surface area (Å²) in [6.07, 6.45) is 0.559. The van der Waals surface area contributed by atoms with Gasteiger partial charge in [-0.25, -0.2) is 13.4 Å². The first-order chi connectivity index (χ1) is 7.78. The lowest BCUT2D eigenvalue weighted by molar-refractivity contribution is 0.572. The number of aromatic nitrogens is 1. The number of nitrogen functional groups attached to an aromatic ring is 1. The van der Waals surface area contributed by atoms with Crippen LogP contribution in [0.2, 0.25) is 5.15 Å². The molecule has 2 heterocycles. The third kappa shape index (κ3) is 3.01. The Kier molecular flexibility index (Phi) is 2.95. The number of hydrogen-bond acceptors (Lipinski definition) is 5. The molecule has 7 heteroatoms. The molecule has 3 N–H and O–H groups in total. The maximum Gasteiger partial charge on any atom is 0.152 e. The third-order valence-electron chi connectivity index (χ3n) is 2.75. The molecule has 1 aromatic rings. The van der Waals surface area contributed by atoms with Gasteiger partial charge < -0.3 is 11.1 Å². The molecule has 0 radical (unpaired) electrons. The van der Waals surface area contributed by atoms with Gasteiger partial charge >= 0.3 is 0 Å². The maximum absolute atomic E-state index is 11.5. The molecule has 0 saturated carbocycles. The van der Waals surface area contributed by atoms with E-state index in [1.807, 2.05) is 6.92 Å². The topological polar surface area (TPSA) is 85.1 Å². The fourth-order valence-electron chi connectivity index (χ4n) is 2.00. The van der Waals surface area contributed by atoms with E-state index in [0.717, 1.165) is 0 Å².